The van der Waals surface area contributed by atoms with E-state index in [2.05, 4.69) is 10.3 Å². The molecule has 0 aliphatic rings. The number of benzene rings is 2. The summed E-state index contributed by atoms with van der Waals surface area (Å²) in [6, 6.07) is 20.8. The van der Waals surface area contributed by atoms with Crippen molar-refractivity contribution < 1.29 is 13.2 Å². The lowest BCUT2D eigenvalue weighted by Gasteiger charge is -2.10. The number of pyridine rings is 1. The van der Waals surface area contributed by atoms with Crippen molar-refractivity contribution in [1.82, 2.24) is 4.98 Å². The van der Waals surface area contributed by atoms with Crippen LogP contribution in [0, 0.1) is 0 Å². The van der Waals surface area contributed by atoms with Gasteiger partial charge in [0.15, 0.2) is 9.84 Å². The Morgan fingerprint density at radius 1 is 0.923 bits per heavy atom. The highest BCUT2D eigenvalue weighted by molar-refractivity contribution is 7.90. The van der Waals surface area contributed by atoms with Gasteiger partial charge in [0.25, 0.3) is 0 Å². The zero-order valence-electron chi connectivity index (χ0n) is 14.4. The van der Waals surface area contributed by atoms with Crippen molar-refractivity contribution in [3.63, 3.8) is 0 Å². The van der Waals surface area contributed by atoms with E-state index in [0.29, 0.717) is 19.0 Å². The number of aromatic nitrogens is 1. The molecule has 1 heterocycles. The lowest BCUT2D eigenvalue weighted by molar-refractivity contribution is 0.306. The molecule has 6 heteroatoms. The van der Waals surface area contributed by atoms with Crippen molar-refractivity contribution in [3.8, 4) is 5.75 Å². The van der Waals surface area contributed by atoms with Crippen LogP contribution in [0.3, 0.4) is 0 Å². The normalized spacial score (nSPS) is 11.1. The van der Waals surface area contributed by atoms with Crippen molar-refractivity contribution in [3.05, 3.63) is 84.1 Å². The van der Waals surface area contributed by atoms with Crippen molar-refractivity contribution in [1.29, 1.82) is 0 Å². The van der Waals surface area contributed by atoms with Gasteiger partial charge in [-0.2, -0.15) is 0 Å². The number of sulfone groups is 1. The molecule has 3 aromatic rings. The van der Waals surface area contributed by atoms with Gasteiger partial charge in [0, 0.05) is 19.0 Å². The first-order valence-corrected chi connectivity index (χ1v) is 10.1. The molecule has 134 valence electrons. The molecule has 0 aliphatic carbocycles. The third-order valence-corrected chi connectivity index (χ3v) is 4.93. The van der Waals surface area contributed by atoms with Gasteiger partial charge in [0.2, 0.25) is 0 Å². The Balaban J connectivity index is 1.60. The molecule has 5 nitrogen and oxygen atoms in total. The molecule has 0 bridgehead atoms. The van der Waals surface area contributed by atoms with Crippen LogP contribution in [0.15, 0.2) is 77.8 Å². The van der Waals surface area contributed by atoms with Gasteiger partial charge in [-0.15, -0.1) is 0 Å². The van der Waals surface area contributed by atoms with Crippen LogP contribution in [0.5, 0.6) is 5.75 Å². The number of hydrogen-bond donors (Lipinski definition) is 1. The van der Waals surface area contributed by atoms with Gasteiger partial charge in [0.1, 0.15) is 23.1 Å². The van der Waals surface area contributed by atoms with Crippen LogP contribution in [0.4, 0.5) is 5.82 Å². The molecule has 0 unspecified atom stereocenters. The summed E-state index contributed by atoms with van der Waals surface area (Å²) < 4.78 is 29.4. The summed E-state index contributed by atoms with van der Waals surface area (Å²) in [5.74, 6) is 1.15. The van der Waals surface area contributed by atoms with E-state index in [0.717, 1.165) is 16.9 Å². The zero-order valence-corrected chi connectivity index (χ0v) is 15.2. The van der Waals surface area contributed by atoms with Gasteiger partial charge in [-0.05, 0) is 35.4 Å². The number of hydrogen-bond acceptors (Lipinski definition) is 5. The van der Waals surface area contributed by atoms with Crippen LogP contribution in [0.1, 0.15) is 11.1 Å². The summed E-state index contributed by atoms with van der Waals surface area (Å²) in [4.78, 5) is 4.32. The Bertz CT molecular complexity index is 956. The van der Waals surface area contributed by atoms with Gasteiger partial charge in [-0.1, -0.05) is 42.5 Å². The quantitative estimate of drug-likeness (QED) is 0.689. The monoisotopic (exact) mass is 368 g/mol. The standard InChI is InChI=1S/C20H20N2O3S/c1-26(23,24)19-8-5-13-21-20(19)22-14-16-9-11-18(12-10-16)25-15-17-6-3-2-4-7-17/h2-13H,14-15H2,1H3,(H,21,22). The van der Waals surface area contributed by atoms with Gasteiger partial charge < -0.3 is 10.1 Å². The predicted octanol–water partition coefficient (Wildman–Crippen LogP) is 3.68. The number of rotatable bonds is 7. The van der Waals surface area contributed by atoms with Crippen molar-refractivity contribution in [2.24, 2.45) is 0 Å². The third-order valence-electron chi connectivity index (χ3n) is 3.80. The van der Waals surface area contributed by atoms with E-state index < -0.39 is 9.84 Å². The van der Waals surface area contributed by atoms with Crippen molar-refractivity contribution in [2.45, 2.75) is 18.0 Å². The van der Waals surface area contributed by atoms with Crippen LogP contribution in [0.2, 0.25) is 0 Å². The molecular weight excluding hydrogens is 348 g/mol. The van der Waals surface area contributed by atoms with Crippen LogP contribution < -0.4 is 10.1 Å². The fourth-order valence-corrected chi connectivity index (χ4v) is 3.25. The fraction of sp³-hybridized carbons (Fsp3) is 0.150. The lowest BCUT2D eigenvalue weighted by atomic mass is 10.2. The highest BCUT2D eigenvalue weighted by atomic mass is 32.2. The first-order chi connectivity index (χ1) is 12.5. The minimum absolute atomic E-state index is 0.197. The molecule has 26 heavy (non-hydrogen) atoms. The van der Waals surface area contributed by atoms with Crippen molar-refractivity contribution >= 4 is 15.7 Å². The average Bonchev–Trinajstić information content (AvgIpc) is 2.66. The molecule has 0 atom stereocenters. The first-order valence-electron chi connectivity index (χ1n) is 8.17. The number of nitrogens with zero attached hydrogens (tertiary/aromatic N) is 1. The average molecular weight is 368 g/mol. The summed E-state index contributed by atoms with van der Waals surface area (Å²) in [5, 5.41) is 3.08. The smallest absolute Gasteiger partial charge is 0.179 e. The minimum Gasteiger partial charge on any atom is -0.489 e. The van der Waals surface area contributed by atoms with E-state index in [4.69, 9.17) is 4.74 Å². The number of ether oxygens (including phenoxy) is 1. The Morgan fingerprint density at radius 2 is 1.65 bits per heavy atom. The second-order valence-corrected chi connectivity index (χ2v) is 7.88. The van der Waals surface area contributed by atoms with Crippen molar-refractivity contribution in [2.75, 3.05) is 11.6 Å². The molecule has 0 saturated heterocycles. The second-order valence-electron chi connectivity index (χ2n) is 5.89. The highest BCUT2D eigenvalue weighted by Crippen LogP contribution is 2.19. The molecule has 0 amide bonds. The van der Waals surface area contributed by atoms with Crippen LogP contribution in [-0.2, 0) is 23.0 Å². The number of anilines is 1. The van der Waals surface area contributed by atoms with Gasteiger partial charge in [-0.25, -0.2) is 13.4 Å². The van der Waals surface area contributed by atoms with E-state index >= 15 is 0 Å². The highest BCUT2D eigenvalue weighted by Gasteiger charge is 2.13. The topological polar surface area (TPSA) is 68.3 Å². The van der Waals surface area contributed by atoms with Crippen LogP contribution in [-0.4, -0.2) is 19.7 Å². The molecule has 2 aromatic carbocycles. The van der Waals surface area contributed by atoms with E-state index in [1.807, 2.05) is 54.6 Å². The lowest BCUT2D eigenvalue weighted by Crippen LogP contribution is -2.07. The summed E-state index contributed by atoms with van der Waals surface area (Å²) in [6.07, 6.45) is 2.74. The Labute approximate surface area is 153 Å². The van der Waals surface area contributed by atoms with Crippen LogP contribution in [0.25, 0.3) is 0 Å². The maximum atomic E-state index is 11.8. The first kappa shape index (κ1) is 17.9. The van der Waals surface area contributed by atoms with E-state index in [9.17, 15) is 8.42 Å². The summed E-state index contributed by atoms with van der Waals surface area (Å²) in [7, 11) is -3.32. The van der Waals surface area contributed by atoms with Gasteiger partial charge in [0.05, 0.1) is 0 Å². The molecule has 1 N–H and O–H groups in total. The second kappa shape index (κ2) is 8.01. The number of nitrogens with one attached hydrogen (secondary N) is 1. The minimum atomic E-state index is -3.32. The zero-order chi connectivity index (χ0) is 18.4. The SMILES string of the molecule is CS(=O)(=O)c1cccnc1NCc1ccc(OCc2ccccc2)cc1. The van der Waals surface area contributed by atoms with Gasteiger partial charge >= 0.3 is 0 Å². The molecule has 0 spiro atoms. The third kappa shape index (κ3) is 4.83. The molecule has 0 fully saturated rings. The molecule has 1 aromatic heterocycles. The van der Waals surface area contributed by atoms with Gasteiger partial charge in [-0.3, -0.25) is 0 Å². The van der Waals surface area contributed by atoms with Crippen LogP contribution >= 0.6 is 0 Å². The largest absolute Gasteiger partial charge is 0.489 e. The fourth-order valence-electron chi connectivity index (χ4n) is 2.45. The molecule has 0 aliphatic heterocycles. The molecule has 0 radical (unpaired) electrons. The summed E-state index contributed by atoms with van der Waals surface area (Å²) in [6.45, 7) is 0.989. The summed E-state index contributed by atoms with van der Waals surface area (Å²) in [5.41, 5.74) is 2.11. The molecular formula is C20H20N2O3S. The predicted molar refractivity (Wildman–Crippen MR) is 102 cm³/mol. The Hall–Kier alpha value is -2.86. The van der Waals surface area contributed by atoms with E-state index in [-0.39, 0.29) is 4.90 Å². The molecule has 0 saturated carbocycles. The Morgan fingerprint density at radius 3 is 2.35 bits per heavy atom. The maximum Gasteiger partial charge on any atom is 0.179 e. The van der Waals surface area contributed by atoms with E-state index in [1.165, 1.54) is 6.26 Å². The maximum absolute atomic E-state index is 11.8. The molecule has 3 rings (SSSR count). The summed E-state index contributed by atoms with van der Waals surface area (Å²) >= 11 is 0. The van der Waals surface area contributed by atoms with E-state index in [1.54, 1.807) is 18.3 Å². The Kier molecular flexibility index (Phi) is 5.53.